The van der Waals surface area contributed by atoms with Crippen LogP contribution in [0.25, 0.3) is 0 Å². The normalized spacial score (nSPS) is 34.9. The number of halogens is 2. The second-order valence-corrected chi connectivity index (χ2v) is 6.74. The maximum absolute atomic E-state index is 10.9. The quantitative estimate of drug-likeness (QED) is 0.822. The zero-order valence-corrected chi connectivity index (χ0v) is 12.4. The smallest absolute Gasteiger partial charge is 0.117 e. The van der Waals surface area contributed by atoms with E-state index in [-0.39, 0.29) is 0 Å². The second-order valence-electron chi connectivity index (χ2n) is 5.93. The molecule has 0 bridgehead atoms. The summed E-state index contributed by atoms with van der Waals surface area (Å²) in [6.45, 7) is 0.984. The van der Waals surface area contributed by atoms with Crippen molar-refractivity contribution in [3.8, 4) is 0 Å². The van der Waals surface area contributed by atoms with Gasteiger partial charge in [0, 0.05) is 17.9 Å². The first-order valence-electron chi connectivity index (χ1n) is 7.11. The molecule has 1 aromatic carbocycles. The molecule has 1 heterocycles. The molecule has 1 saturated heterocycles. The summed E-state index contributed by atoms with van der Waals surface area (Å²) in [6.07, 6.45) is 5.34. The number of rotatable bonds is 1. The van der Waals surface area contributed by atoms with Gasteiger partial charge in [0.2, 0.25) is 0 Å². The van der Waals surface area contributed by atoms with Gasteiger partial charge in [-0.3, -0.25) is 0 Å². The lowest BCUT2D eigenvalue weighted by Crippen LogP contribution is -2.91. The molecule has 3 N–H and O–H groups in total. The van der Waals surface area contributed by atoms with Crippen molar-refractivity contribution in [3.05, 3.63) is 33.8 Å². The molecule has 0 aromatic heterocycles. The minimum Gasteiger partial charge on any atom is -0.389 e. The van der Waals surface area contributed by atoms with E-state index in [1.165, 1.54) is 12.0 Å². The Kier molecular flexibility index (Phi) is 3.78. The molecule has 19 heavy (non-hydrogen) atoms. The highest BCUT2D eigenvalue weighted by atomic mass is 35.5. The molecule has 1 aliphatic heterocycles. The molecule has 4 heteroatoms. The van der Waals surface area contributed by atoms with Gasteiger partial charge >= 0.3 is 0 Å². The highest BCUT2D eigenvalue weighted by molar-refractivity contribution is 6.42. The Morgan fingerprint density at radius 3 is 2.79 bits per heavy atom. The molecule has 0 unspecified atom stereocenters. The van der Waals surface area contributed by atoms with E-state index in [1.807, 2.05) is 12.1 Å². The predicted octanol–water partition coefficient (Wildman–Crippen LogP) is 2.92. The van der Waals surface area contributed by atoms with Crippen LogP contribution in [-0.4, -0.2) is 17.3 Å². The molecular weight excluding hydrogens is 281 g/mol. The highest BCUT2D eigenvalue weighted by Crippen LogP contribution is 2.43. The van der Waals surface area contributed by atoms with Crippen LogP contribution in [0.15, 0.2) is 18.2 Å². The largest absolute Gasteiger partial charge is 0.389 e. The van der Waals surface area contributed by atoms with E-state index in [0.29, 0.717) is 22.0 Å². The van der Waals surface area contributed by atoms with E-state index < -0.39 is 5.60 Å². The van der Waals surface area contributed by atoms with Gasteiger partial charge in [0.1, 0.15) is 6.04 Å². The molecule has 0 spiro atoms. The maximum atomic E-state index is 10.9. The number of hydrogen-bond acceptors (Lipinski definition) is 1. The van der Waals surface area contributed by atoms with Crippen molar-refractivity contribution in [1.29, 1.82) is 0 Å². The Bertz CT molecular complexity index is 475. The van der Waals surface area contributed by atoms with Crippen LogP contribution in [0.4, 0.5) is 0 Å². The van der Waals surface area contributed by atoms with Gasteiger partial charge in [0.15, 0.2) is 0 Å². The topological polar surface area (TPSA) is 36.8 Å². The summed E-state index contributed by atoms with van der Waals surface area (Å²) in [5.41, 5.74) is 0.725. The first kappa shape index (κ1) is 13.7. The van der Waals surface area contributed by atoms with Crippen molar-refractivity contribution in [1.82, 2.24) is 0 Å². The zero-order chi connectivity index (χ0) is 13.5. The Labute approximate surface area is 124 Å². The van der Waals surface area contributed by atoms with Crippen LogP contribution >= 0.6 is 23.2 Å². The summed E-state index contributed by atoms with van der Waals surface area (Å²) < 4.78 is 0. The number of hydrogen-bond donors (Lipinski definition) is 2. The third-order valence-electron chi connectivity index (χ3n) is 4.82. The van der Waals surface area contributed by atoms with Gasteiger partial charge in [-0.15, -0.1) is 0 Å². The predicted molar refractivity (Wildman–Crippen MR) is 77.5 cm³/mol. The van der Waals surface area contributed by atoms with Crippen LogP contribution in [0.1, 0.15) is 43.7 Å². The van der Waals surface area contributed by atoms with E-state index in [0.717, 1.165) is 32.2 Å². The first-order valence-corrected chi connectivity index (χ1v) is 7.86. The Hall–Kier alpha value is -0.280. The second kappa shape index (κ2) is 5.25. The molecule has 0 radical (unpaired) electrons. The van der Waals surface area contributed by atoms with Crippen LogP contribution in [0.5, 0.6) is 0 Å². The van der Waals surface area contributed by atoms with Gasteiger partial charge in [-0.05, 0) is 25.0 Å². The summed E-state index contributed by atoms with van der Waals surface area (Å²) >= 11 is 12.1. The summed E-state index contributed by atoms with van der Waals surface area (Å²) in [5.74, 6) is 0.340. The molecule has 1 saturated carbocycles. The summed E-state index contributed by atoms with van der Waals surface area (Å²) in [6, 6.07) is 6.19. The van der Waals surface area contributed by atoms with Crippen molar-refractivity contribution in [2.45, 2.75) is 43.7 Å². The van der Waals surface area contributed by atoms with Crippen molar-refractivity contribution in [2.75, 3.05) is 6.54 Å². The van der Waals surface area contributed by atoms with Crippen molar-refractivity contribution < 1.29 is 10.4 Å². The number of aliphatic hydroxyl groups is 1. The fraction of sp³-hybridized carbons (Fsp3) is 0.600. The highest BCUT2D eigenvalue weighted by Gasteiger charge is 2.48. The molecular formula is C15H20Cl2NO+. The van der Waals surface area contributed by atoms with E-state index in [2.05, 4.69) is 11.4 Å². The first-order chi connectivity index (χ1) is 9.10. The van der Waals surface area contributed by atoms with Gasteiger partial charge in [-0.1, -0.05) is 42.1 Å². The maximum Gasteiger partial charge on any atom is 0.117 e. The Morgan fingerprint density at radius 2 is 2.00 bits per heavy atom. The molecule has 0 amide bonds. The molecule has 3 atom stereocenters. The molecule has 1 aromatic rings. The minimum absolute atomic E-state index is 0.314. The van der Waals surface area contributed by atoms with Gasteiger partial charge in [-0.2, -0.15) is 0 Å². The molecule has 3 rings (SSSR count). The van der Waals surface area contributed by atoms with Gasteiger partial charge in [0.25, 0.3) is 0 Å². The minimum atomic E-state index is -0.468. The zero-order valence-electron chi connectivity index (χ0n) is 10.9. The fourth-order valence-corrected chi connectivity index (χ4v) is 4.15. The summed E-state index contributed by atoms with van der Waals surface area (Å²) in [5, 5.41) is 14.4. The molecule has 2 fully saturated rings. The Balaban J connectivity index is 1.92. The number of nitrogens with two attached hydrogens (primary N) is 1. The standard InChI is InChI=1S/C15H19Cl2NO/c16-12-5-4-10(9-13(12)17)14-11-3-1-2-6-15(11,19)7-8-18-14/h4-5,9,11,14,18-19H,1-3,6-8H2/p+1/t11-,14+,15+/m1/s1. The number of piperidine rings is 1. The Morgan fingerprint density at radius 1 is 1.16 bits per heavy atom. The molecule has 104 valence electrons. The monoisotopic (exact) mass is 300 g/mol. The van der Waals surface area contributed by atoms with Crippen LogP contribution < -0.4 is 5.32 Å². The molecule has 1 aliphatic carbocycles. The number of quaternary nitrogens is 1. The van der Waals surface area contributed by atoms with E-state index >= 15 is 0 Å². The van der Waals surface area contributed by atoms with Crippen molar-refractivity contribution in [2.24, 2.45) is 5.92 Å². The number of benzene rings is 1. The average Bonchev–Trinajstić information content (AvgIpc) is 2.40. The lowest BCUT2D eigenvalue weighted by molar-refractivity contribution is -0.719. The number of fused-ring (bicyclic) bond motifs is 1. The van der Waals surface area contributed by atoms with Crippen LogP contribution in [0.3, 0.4) is 0 Å². The lowest BCUT2D eigenvalue weighted by Gasteiger charge is -2.46. The van der Waals surface area contributed by atoms with E-state index in [1.54, 1.807) is 0 Å². The van der Waals surface area contributed by atoms with Gasteiger partial charge in [-0.25, -0.2) is 0 Å². The summed E-state index contributed by atoms with van der Waals surface area (Å²) in [7, 11) is 0. The fourth-order valence-electron chi connectivity index (χ4n) is 3.84. The molecule has 2 aliphatic rings. The van der Waals surface area contributed by atoms with Crippen molar-refractivity contribution in [3.63, 3.8) is 0 Å². The lowest BCUT2D eigenvalue weighted by atomic mass is 9.67. The third-order valence-corrected chi connectivity index (χ3v) is 5.56. The van der Waals surface area contributed by atoms with Crippen LogP contribution in [0.2, 0.25) is 10.0 Å². The average molecular weight is 301 g/mol. The van der Waals surface area contributed by atoms with Gasteiger partial charge in [0.05, 0.1) is 22.2 Å². The van der Waals surface area contributed by atoms with Crippen LogP contribution in [0, 0.1) is 5.92 Å². The SMILES string of the molecule is O[C@]12CCCC[C@@H]1[C@H](c1ccc(Cl)c(Cl)c1)[NH2+]CC2. The van der Waals surface area contributed by atoms with E-state index in [9.17, 15) is 5.11 Å². The summed E-state index contributed by atoms with van der Waals surface area (Å²) in [4.78, 5) is 0. The van der Waals surface area contributed by atoms with Crippen molar-refractivity contribution >= 4 is 23.2 Å². The van der Waals surface area contributed by atoms with Gasteiger partial charge < -0.3 is 10.4 Å². The molecule has 2 nitrogen and oxygen atoms in total. The van der Waals surface area contributed by atoms with Crippen LogP contribution in [-0.2, 0) is 0 Å². The van der Waals surface area contributed by atoms with E-state index in [4.69, 9.17) is 23.2 Å². The third kappa shape index (κ3) is 2.52.